The standard InChI is InChI=1S/C6H7I2N3O2/c7-5-10-2-6(8,11-5)1-3(9)4(12)13/h2-3H,1,9H2,(H,12,13). The first kappa shape index (κ1) is 11.3. The van der Waals surface area contributed by atoms with E-state index in [-0.39, 0.29) is 6.42 Å². The Kier molecular flexibility index (Phi) is 3.63. The molecule has 0 saturated heterocycles. The first-order valence-electron chi connectivity index (χ1n) is 3.41. The molecule has 0 bridgehead atoms. The van der Waals surface area contributed by atoms with Crippen LogP contribution in [-0.4, -0.2) is 30.7 Å². The van der Waals surface area contributed by atoms with Gasteiger partial charge in [0.15, 0.2) is 7.39 Å². The lowest BCUT2D eigenvalue weighted by atomic mass is 10.1. The zero-order chi connectivity index (χ0) is 10.1. The molecular weight excluding hydrogens is 400 g/mol. The number of carbonyl (C=O) groups is 1. The van der Waals surface area contributed by atoms with Crippen molar-refractivity contribution in [2.75, 3.05) is 0 Å². The number of carboxylic acids is 1. The number of carboxylic acid groups (broad SMARTS) is 1. The first-order valence-corrected chi connectivity index (χ1v) is 5.56. The van der Waals surface area contributed by atoms with Crippen LogP contribution in [0.1, 0.15) is 6.42 Å². The van der Waals surface area contributed by atoms with E-state index >= 15 is 0 Å². The Morgan fingerprint density at radius 2 is 2.46 bits per heavy atom. The smallest absolute Gasteiger partial charge is 0.320 e. The third-order valence-corrected chi connectivity index (χ3v) is 2.95. The molecule has 7 heteroatoms. The Morgan fingerprint density at radius 1 is 1.85 bits per heavy atom. The highest BCUT2D eigenvalue weighted by Crippen LogP contribution is 2.29. The molecule has 0 aromatic rings. The van der Waals surface area contributed by atoms with Crippen LogP contribution in [0.2, 0.25) is 0 Å². The second-order valence-electron chi connectivity index (χ2n) is 2.61. The van der Waals surface area contributed by atoms with Gasteiger partial charge in [-0.05, 0) is 22.6 Å². The minimum absolute atomic E-state index is 0.263. The lowest BCUT2D eigenvalue weighted by Gasteiger charge is -2.16. The van der Waals surface area contributed by atoms with Gasteiger partial charge in [-0.2, -0.15) is 0 Å². The summed E-state index contributed by atoms with van der Waals surface area (Å²) in [6, 6.07) is -0.894. The maximum Gasteiger partial charge on any atom is 0.320 e. The molecule has 2 atom stereocenters. The van der Waals surface area contributed by atoms with E-state index in [2.05, 4.69) is 9.98 Å². The van der Waals surface area contributed by atoms with E-state index in [9.17, 15) is 4.79 Å². The number of aliphatic carboxylic acids is 1. The number of nitrogens with zero attached hydrogens (tertiary/aromatic N) is 2. The van der Waals surface area contributed by atoms with Crippen molar-refractivity contribution in [1.29, 1.82) is 0 Å². The average Bonchev–Trinajstić information content (AvgIpc) is 2.30. The maximum absolute atomic E-state index is 10.5. The van der Waals surface area contributed by atoms with Crippen LogP contribution in [0.5, 0.6) is 0 Å². The molecule has 1 heterocycles. The van der Waals surface area contributed by atoms with E-state index in [4.69, 9.17) is 10.8 Å². The molecule has 0 amide bonds. The molecule has 0 radical (unpaired) electrons. The number of alkyl halides is 1. The van der Waals surface area contributed by atoms with Crippen LogP contribution in [0.3, 0.4) is 0 Å². The van der Waals surface area contributed by atoms with Gasteiger partial charge in [0, 0.05) is 35.2 Å². The molecule has 0 aromatic heterocycles. The fourth-order valence-electron chi connectivity index (χ4n) is 0.857. The van der Waals surface area contributed by atoms with E-state index in [0.717, 1.165) is 0 Å². The Morgan fingerprint density at radius 3 is 2.85 bits per heavy atom. The summed E-state index contributed by atoms with van der Waals surface area (Å²) in [5.74, 6) is -1.01. The zero-order valence-corrected chi connectivity index (χ0v) is 10.8. The fraction of sp³-hybridized carbons (Fsp3) is 0.500. The second-order valence-corrected chi connectivity index (χ2v) is 5.44. The Labute approximate surface area is 102 Å². The Bertz CT molecular complexity index is 292. The van der Waals surface area contributed by atoms with Crippen molar-refractivity contribution in [3.05, 3.63) is 0 Å². The van der Waals surface area contributed by atoms with Crippen molar-refractivity contribution in [2.45, 2.75) is 16.0 Å². The number of hydrogen-bond acceptors (Lipinski definition) is 4. The van der Waals surface area contributed by atoms with Crippen LogP contribution < -0.4 is 5.73 Å². The molecule has 5 nitrogen and oxygen atoms in total. The number of aliphatic imine (C=N–C) groups is 2. The molecule has 1 aliphatic rings. The van der Waals surface area contributed by atoms with E-state index in [0.29, 0.717) is 3.84 Å². The average molecular weight is 407 g/mol. The van der Waals surface area contributed by atoms with Gasteiger partial charge in [-0.3, -0.25) is 4.79 Å². The van der Waals surface area contributed by atoms with E-state index < -0.39 is 15.6 Å². The molecule has 0 spiro atoms. The minimum Gasteiger partial charge on any atom is -0.480 e. The van der Waals surface area contributed by atoms with Gasteiger partial charge >= 0.3 is 5.97 Å². The Hall–Kier alpha value is 0.230. The van der Waals surface area contributed by atoms with Crippen LogP contribution in [0.25, 0.3) is 0 Å². The predicted octanol–water partition coefficient (Wildman–Crippen LogP) is 0.795. The summed E-state index contributed by atoms with van der Waals surface area (Å²) in [7, 11) is 0. The van der Waals surface area contributed by atoms with E-state index in [1.807, 2.05) is 45.2 Å². The molecule has 3 N–H and O–H groups in total. The zero-order valence-electron chi connectivity index (χ0n) is 6.44. The monoisotopic (exact) mass is 407 g/mol. The van der Waals surface area contributed by atoms with E-state index in [1.165, 1.54) is 0 Å². The van der Waals surface area contributed by atoms with Crippen LogP contribution >= 0.6 is 45.2 Å². The molecule has 13 heavy (non-hydrogen) atoms. The summed E-state index contributed by atoms with van der Waals surface area (Å²) < 4.78 is 0.0520. The van der Waals surface area contributed by atoms with E-state index in [1.54, 1.807) is 6.21 Å². The summed E-state index contributed by atoms with van der Waals surface area (Å²) in [6.45, 7) is 0. The van der Waals surface area contributed by atoms with Crippen LogP contribution in [0.4, 0.5) is 0 Å². The molecule has 0 saturated carbocycles. The number of amidine groups is 1. The molecule has 2 unspecified atom stereocenters. The summed E-state index contributed by atoms with van der Waals surface area (Å²) >= 11 is 4.02. The molecule has 0 aromatic carbocycles. The molecule has 0 aliphatic carbocycles. The Balaban J connectivity index is 2.65. The van der Waals surface area contributed by atoms with Crippen molar-refractivity contribution in [3.8, 4) is 0 Å². The van der Waals surface area contributed by atoms with Gasteiger partial charge in [0.2, 0.25) is 0 Å². The molecule has 72 valence electrons. The topological polar surface area (TPSA) is 88.0 Å². The van der Waals surface area contributed by atoms with Crippen LogP contribution in [-0.2, 0) is 4.79 Å². The minimum atomic E-state index is -1.01. The predicted molar refractivity (Wildman–Crippen MR) is 66.9 cm³/mol. The molecule has 1 aliphatic heterocycles. The van der Waals surface area contributed by atoms with Gasteiger partial charge in [0.25, 0.3) is 0 Å². The van der Waals surface area contributed by atoms with Crippen molar-refractivity contribution < 1.29 is 9.90 Å². The highest BCUT2D eigenvalue weighted by Gasteiger charge is 2.32. The number of nitrogens with two attached hydrogens (primary N) is 1. The van der Waals surface area contributed by atoms with Gasteiger partial charge in [-0.1, -0.05) is 0 Å². The number of hydrogen-bond donors (Lipinski definition) is 2. The number of rotatable bonds is 3. The van der Waals surface area contributed by atoms with Gasteiger partial charge in [-0.25, -0.2) is 9.98 Å². The van der Waals surface area contributed by atoms with Crippen molar-refractivity contribution in [1.82, 2.24) is 0 Å². The normalized spacial score (nSPS) is 28.7. The maximum atomic E-state index is 10.5. The molecule has 0 fully saturated rings. The highest BCUT2D eigenvalue weighted by atomic mass is 127. The third-order valence-electron chi connectivity index (χ3n) is 1.47. The third kappa shape index (κ3) is 3.13. The summed E-state index contributed by atoms with van der Waals surface area (Å²) in [5.41, 5.74) is 5.39. The first-order chi connectivity index (χ1) is 5.93. The summed E-state index contributed by atoms with van der Waals surface area (Å²) in [5, 5.41) is 8.60. The quantitative estimate of drug-likeness (QED) is 0.412. The second kappa shape index (κ2) is 4.17. The molecular formula is C6H7I2N3O2. The molecule has 1 rings (SSSR count). The number of halogens is 2. The largest absolute Gasteiger partial charge is 0.480 e. The van der Waals surface area contributed by atoms with Crippen LogP contribution in [0.15, 0.2) is 9.98 Å². The lowest BCUT2D eigenvalue weighted by molar-refractivity contribution is -0.138. The van der Waals surface area contributed by atoms with Gasteiger partial charge < -0.3 is 10.8 Å². The summed E-state index contributed by atoms with van der Waals surface area (Å²) in [4.78, 5) is 18.6. The van der Waals surface area contributed by atoms with Gasteiger partial charge in [-0.15, -0.1) is 0 Å². The lowest BCUT2D eigenvalue weighted by Crippen LogP contribution is -2.37. The van der Waals surface area contributed by atoms with Crippen molar-refractivity contribution in [3.63, 3.8) is 0 Å². The SMILES string of the molecule is NC(CC1(I)C=NC(I)=N1)C(=O)O. The van der Waals surface area contributed by atoms with Gasteiger partial charge in [0.05, 0.1) is 0 Å². The van der Waals surface area contributed by atoms with Crippen molar-refractivity contribution in [2.24, 2.45) is 15.7 Å². The van der Waals surface area contributed by atoms with Gasteiger partial charge in [0.1, 0.15) is 6.04 Å². The highest BCUT2D eigenvalue weighted by molar-refractivity contribution is 14.1. The summed E-state index contributed by atoms with van der Waals surface area (Å²) in [6.07, 6.45) is 1.89. The fourth-order valence-corrected chi connectivity index (χ4v) is 2.73. The van der Waals surface area contributed by atoms with Crippen LogP contribution in [0, 0.1) is 0 Å². The van der Waals surface area contributed by atoms with Crippen molar-refractivity contribution >= 4 is 61.2 Å².